The lowest BCUT2D eigenvalue weighted by atomic mass is 10.1. The summed E-state index contributed by atoms with van der Waals surface area (Å²) < 4.78 is 5.49. The fraction of sp³-hybridized carbons (Fsp3) is 0.667. The quantitative estimate of drug-likeness (QED) is 0.329. The fourth-order valence-electron chi connectivity index (χ4n) is 3.28. The van der Waals surface area contributed by atoms with Crippen LogP contribution in [0.5, 0.6) is 0 Å². The minimum atomic E-state index is 0. The topological polar surface area (TPSA) is 40.1 Å². The Bertz CT molecular complexity index is 534. The molecular formula is C21H37IN4O. The SMILES string of the molecule is CCNC(=NCCC(C)N(C)Cc1ccccc1)N(C)CC1CCOC1.I. The lowest BCUT2D eigenvalue weighted by molar-refractivity contribution is 0.181. The molecule has 1 saturated heterocycles. The van der Waals surface area contributed by atoms with Gasteiger partial charge in [0.1, 0.15) is 0 Å². The Kier molecular flexibility index (Phi) is 11.9. The van der Waals surface area contributed by atoms with Crippen LogP contribution in [0, 0.1) is 5.92 Å². The zero-order valence-electron chi connectivity index (χ0n) is 17.4. The first-order valence-corrected chi connectivity index (χ1v) is 9.91. The Balaban J connectivity index is 0.00000364. The van der Waals surface area contributed by atoms with Crippen molar-refractivity contribution < 1.29 is 4.74 Å². The molecule has 0 bridgehead atoms. The van der Waals surface area contributed by atoms with E-state index < -0.39 is 0 Å². The third-order valence-corrected chi connectivity index (χ3v) is 5.09. The Hall–Kier alpha value is -0.860. The van der Waals surface area contributed by atoms with Gasteiger partial charge in [-0.25, -0.2) is 0 Å². The van der Waals surface area contributed by atoms with Gasteiger partial charge in [0.05, 0.1) is 6.61 Å². The molecule has 0 aliphatic carbocycles. The molecule has 2 unspecified atom stereocenters. The van der Waals surface area contributed by atoms with Crippen molar-refractivity contribution in [3.8, 4) is 0 Å². The number of nitrogens with one attached hydrogen (secondary N) is 1. The standard InChI is InChI=1S/C21H36N4O.HI/c1-5-22-21(25(4)16-20-12-14-26-17-20)23-13-11-18(2)24(3)15-19-9-7-6-8-10-19;/h6-10,18,20H,5,11-17H2,1-4H3,(H,22,23);1H. The summed E-state index contributed by atoms with van der Waals surface area (Å²) in [5.74, 6) is 1.64. The van der Waals surface area contributed by atoms with Gasteiger partial charge in [-0.15, -0.1) is 24.0 Å². The molecule has 0 saturated carbocycles. The van der Waals surface area contributed by atoms with E-state index in [-0.39, 0.29) is 24.0 Å². The summed E-state index contributed by atoms with van der Waals surface area (Å²) in [4.78, 5) is 9.50. The summed E-state index contributed by atoms with van der Waals surface area (Å²) in [6.07, 6.45) is 2.21. The molecular weight excluding hydrogens is 451 g/mol. The minimum Gasteiger partial charge on any atom is -0.381 e. The molecule has 154 valence electrons. The number of rotatable bonds is 9. The van der Waals surface area contributed by atoms with Crippen LogP contribution in [0.3, 0.4) is 0 Å². The number of hydrogen-bond donors (Lipinski definition) is 1. The van der Waals surface area contributed by atoms with Gasteiger partial charge in [-0.3, -0.25) is 9.89 Å². The van der Waals surface area contributed by atoms with Crippen molar-refractivity contribution in [1.82, 2.24) is 15.1 Å². The number of guanidine groups is 1. The van der Waals surface area contributed by atoms with Gasteiger partial charge in [0.15, 0.2) is 5.96 Å². The van der Waals surface area contributed by atoms with E-state index in [9.17, 15) is 0 Å². The number of nitrogens with zero attached hydrogens (tertiary/aromatic N) is 3. The molecule has 6 heteroatoms. The second-order valence-electron chi connectivity index (χ2n) is 7.38. The van der Waals surface area contributed by atoms with Crippen LogP contribution < -0.4 is 5.32 Å². The van der Waals surface area contributed by atoms with E-state index in [1.165, 1.54) is 5.56 Å². The van der Waals surface area contributed by atoms with Crippen LogP contribution in [0.15, 0.2) is 35.3 Å². The van der Waals surface area contributed by atoms with Crippen LogP contribution in [0.1, 0.15) is 32.3 Å². The summed E-state index contributed by atoms with van der Waals surface area (Å²) >= 11 is 0. The van der Waals surface area contributed by atoms with Crippen LogP contribution in [0.25, 0.3) is 0 Å². The molecule has 0 spiro atoms. The second-order valence-corrected chi connectivity index (χ2v) is 7.38. The molecule has 27 heavy (non-hydrogen) atoms. The normalized spacial score (nSPS) is 18.3. The Morgan fingerprint density at radius 1 is 1.30 bits per heavy atom. The van der Waals surface area contributed by atoms with Crippen molar-refractivity contribution in [2.75, 3.05) is 46.9 Å². The molecule has 2 atom stereocenters. The van der Waals surface area contributed by atoms with Gasteiger partial charge in [0.2, 0.25) is 0 Å². The van der Waals surface area contributed by atoms with Crippen molar-refractivity contribution in [2.45, 2.75) is 39.3 Å². The third-order valence-electron chi connectivity index (χ3n) is 5.09. The number of benzene rings is 1. The predicted molar refractivity (Wildman–Crippen MR) is 125 cm³/mol. The molecule has 1 aromatic carbocycles. The van der Waals surface area contributed by atoms with Crippen molar-refractivity contribution in [3.05, 3.63) is 35.9 Å². The lowest BCUT2D eigenvalue weighted by Gasteiger charge is -2.26. The lowest BCUT2D eigenvalue weighted by Crippen LogP contribution is -2.41. The monoisotopic (exact) mass is 488 g/mol. The highest BCUT2D eigenvalue weighted by Crippen LogP contribution is 2.13. The van der Waals surface area contributed by atoms with Gasteiger partial charge in [0.25, 0.3) is 0 Å². The minimum absolute atomic E-state index is 0. The van der Waals surface area contributed by atoms with Crippen LogP contribution in [-0.4, -0.2) is 68.7 Å². The van der Waals surface area contributed by atoms with Crippen LogP contribution in [-0.2, 0) is 11.3 Å². The van der Waals surface area contributed by atoms with E-state index in [2.05, 4.69) is 73.4 Å². The maximum Gasteiger partial charge on any atom is 0.193 e. The molecule has 0 aromatic heterocycles. The van der Waals surface area contributed by atoms with Gasteiger partial charge in [-0.05, 0) is 39.3 Å². The highest BCUT2D eigenvalue weighted by Gasteiger charge is 2.19. The molecule has 1 aliphatic heterocycles. The van der Waals surface area contributed by atoms with Gasteiger partial charge in [-0.1, -0.05) is 30.3 Å². The van der Waals surface area contributed by atoms with Crippen molar-refractivity contribution in [3.63, 3.8) is 0 Å². The maximum absolute atomic E-state index is 5.49. The highest BCUT2D eigenvalue weighted by atomic mass is 127. The van der Waals surface area contributed by atoms with Crippen molar-refractivity contribution >= 4 is 29.9 Å². The third kappa shape index (κ3) is 8.79. The number of ether oxygens (including phenoxy) is 1. The summed E-state index contributed by atoms with van der Waals surface area (Å²) in [5.41, 5.74) is 1.36. The van der Waals surface area contributed by atoms with Gasteiger partial charge < -0.3 is 15.0 Å². The van der Waals surface area contributed by atoms with Crippen LogP contribution in [0.4, 0.5) is 0 Å². The van der Waals surface area contributed by atoms with E-state index in [1.54, 1.807) is 0 Å². The molecule has 1 fully saturated rings. The van der Waals surface area contributed by atoms with E-state index in [0.29, 0.717) is 12.0 Å². The number of halogens is 1. The first kappa shape index (κ1) is 24.2. The number of aliphatic imine (C=N–C) groups is 1. The van der Waals surface area contributed by atoms with Gasteiger partial charge in [-0.2, -0.15) is 0 Å². The van der Waals surface area contributed by atoms with E-state index in [0.717, 1.165) is 58.2 Å². The molecule has 0 radical (unpaired) electrons. The second kappa shape index (κ2) is 13.3. The van der Waals surface area contributed by atoms with E-state index in [4.69, 9.17) is 9.73 Å². The summed E-state index contributed by atoms with van der Waals surface area (Å²) in [7, 11) is 4.32. The largest absolute Gasteiger partial charge is 0.381 e. The van der Waals surface area contributed by atoms with E-state index >= 15 is 0 Å². The summed E-state index contributed by atoms with van der Waals surface area (Å²) in [6, 6.07) is 11.1. The highest BCUT2D eigenvalue weighted by molar-refractivity contribution is 14.0. The molecule has 2 rings (SSSR count). The molecule has 5 nitrogen and oxygen atoms in total. The summed E-state index contributed by atoms with van der Waals surface area (Å²) in [6.45, 7) is 9.91. The Morgan fingerprint density at radius 3 is 2.67 bits per heavy atom. The van der Waals surface area contributed by atoms with Gasteiger partial charge >= 0.3 is 0 Å². The Labute approximate surface area is 182 Å². The van der Waals surface area contributed by atoms with Crippen LogP contribution in [0.2, 0.25) is 0 Å². The van der Waals surface area contributed by atoms with Crippen molar-refractivity contribution in [2.24, 2.45) is 10.9 Å². The Morgan fingerprint density at radius 2 is 2.04 bits per heavy atom. The van der Waals surface area contributed by atoms with E-state index in [1.807, 2.05) is 0 Å². The zero-order chi connectivity index (χ0) is 18.8. The van der Waals surface area contributed by atoms with Crippen LogP contribution >= 0.6 is 24.0 Å². The maximum atomic E-state index is 5.49. The summed E-state index contributed by atoms with van der Waals surface area (Å²) in [5, 5.41) is 3.42. The molecule has 0 amide bonds. The first-order chi connectivity index (χ1) is 12.6. The molecule has 1 aromatic rings. The first-order valence-electron chi connectivity index (χ1n) is 9.91. The van der Waals surface area contributed by atoms with Crippen molar-refractivity contribution in [1.29, 1.82) is 0 Å². The average Bonchev–Trinajstić information content (AvgIpc) is 3.14. The molecule has 1 N–H and O–H groups in total. The fourth-order valence-corrected chi connectivity index (χ4v) is 3.28. The molecule has 1 aliphatic rings. The smallest absolute Gasteiger partial charge is 0.193 e. The average molecular weight is 488 g/mol. The zero-order valence-corrected chi connectivity index (χ0v) is 19.7. The number of hydrogen-bond acceptors (Lipinski definition) is 3. The van der Waals surface area contributed by atoms with Gasteiger partial charge in [0, 0.05) is 51.8 Å². The predicted octanol–water partition coefficient (Wildman–Crippen LogP) is 3.45. The molecule has 1 heterocycles.